The van der Waals surface area contributed by atoms with Gasteiger partial charge in [-0.15, -0.1) is 0 Å². The molecule has 1 atom stereocenters. The normalized spacial score (nSPS) is 14.2. The van der Waals surface area contributed by atoms with Crippen molar-refractivity contribution in [1.29, 1.82) is 0 Å². The molecule has 0 radical (unpaired) electrons. The van der Waals surface area contributed by atoms with Gasteiger partial charge in [0.1, 0.15) is 12.4 Å². The largest absolute Gasteiger partial charge is 0.490 e. The summed E-state index contributed by atoms with van der Waals surface area (Å²) in [4.78, 5) is 44.2. The maximum atomic E-state index is 14.1. The number of fused-ring (bicyclic) bond motifs is 1. The maximum absolute atomic E-state index is 14.1. The van der Waals surface area contributed by atoms with Crippen LogP contribution in [0.15, 0.2) is 86.2 Å². The number of aromatic nitrogens is 1. The zero-order valence-corrected chi connectivity index (χ0v) is 29.7. The van der Waals surface area contributed by atoms with E-state index in [4.69, 9.17) is 30.5 Å². The first-order valence-corrected chi connectivity index (χ1v) is 16.9. The SMILES string of the molecule is CCOC(=O)C1=C(C)N=c2s/c(=C\c3ccc(OCc4ccc(Cl)cc4)c(Br)c3)c(=O)n2[C@@H]1c1ccc(OCC(=O)OC)c(OCC)c1. The van der Waals surface area contributed by atoms with Crippen LogP contribution in [0.3, 0.4) is 0 Å². The lowest BCUT2D eigenvalue weighted by molar-refractivity contribution is -0.143. The van der Waals surface area contributed by atoms with Crippen LogP contribution < -0.4 is 29.1 Å². The van der Waals surface area contributed by atoms with Crippen molar-refractivity contribution in [2.45, 2.75) is 33.4 Å². The van der Waals surface area contributed by atoms with Crippen LogP contribution >= 0.6 is 38.9 Å². The number of ether oxygens (including phenoxy) is 5. The molecule has 0 bridgehead atoms. The van der Waals surface area contributed by atoms with Gasteiger partial charge in [0, 0.05) is 5.02 Å². The Morgan fingerprint density at radius 2 is 1.73 bits per heavy atom. The van der Waals surface area contributed by atoms with Crippen molar-refractivity contribution >= 4 is 56.9 Å². The molecular formula is C35H32BrClN2O8S. The average Bonchev–Trinajstić information content (AvgIpc) is 3.37. The van der Waals surface area contributed by atoms with Gasteiger partial charge in [0.2, 0.25) is 0 Å². The van der Waals surface area contributed by atoms with Gasteiger partial charge in [-0.25, -0.2) is 14.6 Å². The molecule has 1 aliphatic rings. The van der Waals surface area contributed by atoms with E-state index in [-0.39, 0.29) is 24.3 Å². The number of methoxy groups -OCH3 is 1. The topological polar surface area (TPSA) is 115 Å². The summed E-state index contributed by atoms with van der Waals surface area (Å²) in [6.07, 6.45) is 1.77. The molecule has 1 aromatic heterocycles. The lowest BCUT2D eigenvalue weighted by atomic mass is 9.95. The maximum Gasteiger partial charge on any atom is 0.343 e. The molecule has 3 aromatic carbocycles. The number of hydrogen-bond acceptors (Lipinski definition) is 10. The summed E-state index contributed by atoms with van der Waals surface area (Å²) in [5.41, 5.74) is 2.63. The molecule has 0 saturated heterocycles. The minimum absolute atomic E-state index is 0.144. The van der Waals surface area contributed by atoms with E-state index in [1.165, 1.54) is 23.0 Å². The van der Waals surface area contributed by atoms with E-state index < -0.39 is 18.0 Å². The predicted octanol–water partition coefficient (Wildman–Crippen LogP) is 5.74. The van der Waals surface area contributed by atoms with Gasteiger partial charge < -0.3 is 23.7 Å². The number of halogens is 2. The second kappa shape index (κ2) is 15.7. The number of benzene rings is 3. The first-order valence-electron chi connectivity index (χ1n) is 15.0. The molecule has 2 heterocycles. The predicted molar refractivity (Wildman–Crippen MR) is 185 cm³/mol. The van der Waals surface area contributed by atoms with E-state index >= 15 is 0 Å². The first-order chi connectivity index (χ1) is 23.1. The molecule has 4 aromatic rings. The van der Waals surface area contributed by atoms with Crippen molar-refractivity contribution < 1.29 is 33.3 Å². The third-order valence-electron chi connectivity index (χ3n) is 7.23. The van der Waals surface area contributed by atoms with Crippen LogP contribution in [0.25, 0.3) is 6.08 Å². The Kier molecular flexibility index (Phi) is 11.4. The van der Waals surface area contributed by atoms with Gasteiger partial charge >= 0.3 is 11.9 Å². The van der Waals surface area contributed by atoms with Crippen LogP contribution in [0.5, 0.6) is 17.2 Å². The molecule has 250 valence electrons. The fraction of sp³-hybridized carbons (Fsp3) is 0.257. The fourth-order valence-electron chi connectivity index (χ4n) is 5.00. The van der Waals surface area contributed by atoms with Gasteiger partial charge in [-0.05, 0) is 95.9 Å². The van der Waals surface area contributed by atoms with Crippen LogP contribution in [-0.2, 0) is 25.7 Å². The molecule has 0 fully saturated rings. The number of carbonyl (C=O) groups is 2. The Labute approximate surface area is 294 Å². The number of hydrogen-bond donors (Lipinski definition) is 0. The van der Waals surface area contributed by atoms with Gasteiger partial charge in [-0.2, -0.15) is 0 Å². The molecule has 1 aliphatic heterocycles. The number of carbonyl (C=O) groups excluding carboxylic acids is 2. The standard InChI is InChI=1S/C35H32BrClN2O8S/c1-5-44-28-17-23(10-14-27(28)47-19-30(40)43-4)32-31(34(42)45-6-2)20(3)38-35-39(32)33(41)29(48-35)16-22-9-13-26(25(36)15-22)46-18-21-7-11-24(37)12-8-21/h7-17,32H,5-6,18-19H2,1-4H3/b29-16-/t32-/m1/s1. The van der Waals surface area contributed by atoms with Crippen molar-refractivity contribution in [2.75, 3.05) is 26.9 Å². The molecule has 0 spiro atoms. The number of nitrogens with zero attached hydrogens (tertiary/aromatic N) is 2. The molecule has 0 unspecified atom stereocenters. The van der Waals surface area contributed by atoms with Gasteiger partial charge in [0.05, 0.1) is 46.6 Å². The molecule has 13 heteroatoms. The Hall–Kier alpha value is -4.39. The summed E-state index contributed by atoms with van der Waals surface area (Å²) in [5, 5.41) is 0.656. The smallest absolute Gasteiger partial charge is 0.343 e. The average molecular weight is 756 g/mol. The molecule has 0 N–H and O–H groups in total. The van der Waals surface area contributed by atoms with E-state index in [1.807, 2.05) is 49.4 Å². The third-order valence-corrected chi connectivity index (χ3v) is 9.09. The summed E-state index contributed by atoms with van der Waals surface area (Å²) >= 11 is 10.8. The summed E-state index contributed by atoms with van der Waals surface area (Å²) in [6.45, 7) is 5.73. The van der Waals surface area contributed by atoms with Crippen LogP contribution in [-0.4, -0.2) is 43.4 Å². The minimum atomic E-state index is -0.869. The van der Waals surface area contributed by atoms with Crippen molar-refractivity contribution in [3.8, 4) is 17.2 Å². The summed E-state index contributed by atoms with van der Waals surface area (Å²) < 4.78 is 30.2. The van der Waals surface area contributed by atoms with Gasteiger partial charge in [-0.1, -0.05) is 47.2 Å². The zero-order chi connectivity index (χ0) is 34.4. The minimum Gasteiger partial charge on any atom is -0.490 e. The van der Waals surface area contributed by atoms with Crippen LogP contribution in [0.1, 0.15) is 43.5 Å². The summed E-state index contributed by atoms with van der Waals surface area (Å²) in [7, 11) is 1.27. The highest BCUT2D eigenvalue weighted by Crippen LogP contribution is 2.36. The van der Waals surface area contributed by atoms with Gasteiger partial charge in [-0.3, -0.25) is 9.36 Å². The van der Waals surface area contributed by atoms with E-state index in [1.54, 1.807) is 38.1 Å². The summed E-state index contributed by atoms with van der Waals surface area (Å²) in [5.74, 6) is 0.150. The zero-order valence-electron chi connectivity index (χ0n) is 26.6. The van der Waals surface area contributed by atoms with E-state index in [0.29, 0.717) is 60.6 Å². The number of esters is 2. The molecule has 0 amide bonds. The Balaban J connectivity index is 1.54. The van der Waals surface area contributed by atoms with Gasteiger partial charge in [0.15, 0.2) is 22.9 Å². The van der Waals surface area contributed by atoms with Crippen LogP contribution in [0.2, 0.25) is 5.02 Å². The van der Waals surface area contributed by atoms with E-state index in [9.17, 15) is 14.4 Å². The third kappa shape index (κ3) is 7.83. The molecule has 5 rings (SSSR count). The van der Waals surface area contributed by atoms with Crippen molar-refractivity contribution in [1.82, 2.24) is 4.57 Å². The summed E-state index contributed by atoms with van der Waals surface area (Å²) in [6, 6.07) is 17.1. The van der Waals surface area contributed by atoms with Crippen molar-refractivity contribution in [3.63, 3.8) is 0 Å². The van der Waals surface area contributed by atoms with Crippen LogP contribution in [0, 0.1) is 0 Å². The second-order valence-electron chi connectivity index (χ2n) is 10.4. The lowest BCUT2D eigenvalue weighted by Crippen LogP contribution is -2.40. The number of thiazole rings is 1. The number of rotatable bonds is 12. The second-order valence-corrected chi connectivity index (χ2v) is 12.7. The quantitative estimate of drug-likeness (QED) is 0.168. The van der Waals surface area contributed by atoms with E-state index in [2.05, 4.69) is 25.7 Å². The molecule has 0 saturated carbocycles. The van der Waals surface area contributed by atoms with E-state index in [0.717, 1.165) is 11.1 Å². The monoisotopic (exact) mass is 754 g/mol. The highest BCUT2D eigenvalue weighted by molar-refractivity contribution is 9.10. The highest BCUT2D eigenvalue weighted by atomic mass is 79.9. The van der Waals surface area contributed by atoms with Crippen molar-refractivity contribution in [3.05, 3.63) is 118 Å². The molecule has 48 heavy (non-hydrogen) atoms. The Morgan fingerprint density at radius 3 is 2.42 bits per heavy atom. The highest BCUT2D eigenvalue weighted by Gasteiger charge is 2.34. The van der Waals surface area contributed by atoms with Crippen molar-refractivity contribution in [2.24, 2.45) is 4.99 Å². The number of allylic oxidation sites excluding steroid dienone is 1. The van der Waals surface area contributed by atoms with Gasteiger partial charge in [0.25, 0.3) is 5.56 Å². The van der Waals surface area contributed by atoms with Crippen LogP contribution in [0.4, 0.5) is 0 Å². The molecular weight excluding hydrogens is 724 g/mol. The molecule has 10 nitrogen and oxygen atoms in total. The molecule has 0 aliphatic carbocycles. The Morgan fingerprint density at radius 1 is 0.979 bits per heavy atom. The first kappa shape index (κ1) is 34.9. The Bertz CT molecular complexity index is 2060. The lowest BCUT2D eigenvalue weighted by Gasteiger charge is -2.25. The fourth-order valence-corrected chi connectivity index (χ4v) is 6.69.